The molecule has 6 nitrogen and oxygen atoms in total. The zero-order chi connectivity index (χ0) is 16.2. The van der Waals surface area contributed by atoms with Gasteiger partial charge in [-0.15, -0.1) is 0 Å². The van der Waals surface area contributed by atoms with Gasteiger partial charge in [0.25, 0.3) is 0 Å². The summed E-state index contributed by atoms with van der Waals surface area (Å²) in [4.78, 5) is 14.9. The number of piperidine rings is 1. The SMILES string of the molecule is Cc1cc(NC2CCN(c3ncc(Br)cc3C#N)CC2)ncn1. The van der Waals surface area contributed by atoms with Crippen LogP contribution in [0.15, 0.2) is 29.1 Å². The highest BCUT2D eigenvalue weighted by Crippen LogP contribution is 2.25. The molecular formula is C16H17BrN6. The quantitative estimate of drug-likeness (QED) is 0.892. The minimum absolute atomic E-state index is 0.376. The molecule has 0 saturated carbocycles. The van der Waals surface area contributed by atoms with Crippen molar-refractivity contribution >= 4 is 27.6 Å². The number of rotatable bonds is 3. The Kier molecular flexibility index (Phi) is 4.72. The van der Waals surface area contributed by atoms with Gasteiger partial charge in [0.1, 0.15) is 24.0 Å². The van der Waals surface area contributed by atoms with Crippen LogP contribution in [0.2, 0.25) is 0 Å². The largest absolute Gasteiger partial charge is 0.367 e. The van der Waals surface area contributed by atoms with Gasteiger partial charge in [-0.25, -0.2) is 15.0 Å². The molecular weight excluding hydrogens is 356 g/mol. The first-order chi connectivity index (χ1) is 11.2. The Balaban J connectivity index is 1.64. The van der Waals surface area contributed by atoms with Crippen LogP contribution in [-0.4, -0.2) is 34.1 Å². The predicted octanol–water partition coefficient (Wildman–Crippen LogP) is 2.90. The van der Waals surface area contributed by atoms with Crippen LogP contribution >= 0.6 is 15.9 Å². The van der Waals surface area contributed by atoms with Crippen molar-refractivity contribution in [2.75, 3.05) is 23.3 Å². The summed E-state index contributed by atoms with van der Waals surface area (Å²) in [6.07, 6.45) is 5.28. The molecule has 0 atom stereocenters. The maximum Gasteiger partial charge on any atom is 0.146 e. The summed E-state index contributed by atoms with van der Waals surface area (Å²) in [5.41, 5.74) is 1.56. The molecule has 3 rings (SSSR count). The maximum atomic E-state index is 9.28. The average Bonchev–Trinajstić information content (AvgIpc) is 2.56. The number of aromatic nitrogens is 3. The van der Waals surface area contributed by atoms with Crippen LogP contribution in [0, 0.1) is 18.3 Å². The van der Waals surface area contributed by atoms with E-state index in [2.05, 4.69) is 47.2 Å². The molecule has 0 spiro atoms. The van der Waals surface area contributed by atoms with Gasteiger partial charge >= 0.3 is 0 Å². The van der Waals surface area contributed by atoms with Crippen molar-refractivity contribution < 1.29 is 0 Å². The number of halogens is 1. The first-order valence-corrected chi connectivity index (χ1v) is 8.31. The molecule has 0 bridgehead atoms. The molecule has 0 aliphatic carbocycles. The van der Waals surface area contributed by atoms with Crippen LogP contribution < -0.4 is 10.2 Å². The molecule has 7 heteroatoms. The van der Waals surface area contributed by atoms with Crippen LogP contribution in [-0.2, 0) is 0 Å². The van der Waals surface area contributed by atoms with Gasteiger partial charge < -0.3 is 10.2 Å². The number of hydrogen-bond donors (Lipinski definition) is 1. The molecule has 0 aromatic carbocycles. The minimum atomic E-state index is 0.376. The van der Waals surface area contributed by atoms with Gasteiger partial charge in [0.2, 0.25) is 0 Å². The fourth-order valence-corrected chi connectivity index (χ4v) is 3.08. The van der Waals surface area contributed by atoms with Gasteiger partial charge in [-0.1, -0.05) is 0 Å². The highest BCUT2D eigenvalue weighted by atomic mass is 79.9. The molecule has 118 valence electrons. The smallest absolute Gasteiger partial charge is 0.146 e. The van der Waals surface area contributed by atoms with E-state index in [0.717, 1.165) is 47.7 Å². The van der Waals surface area contributed by atoms with Gasteiger partial charge in [-0.05, 0) is 41.8 Å². The van der Waals surface area contributed by atoms with Crippen molar-refractivity contribution in [2.45, 2.75) is 25.8 Å². The van der Waals surface area contributed by atoms with Gasteiger partial charge in [-0.2, -0.15) is 5.26 Å². The molecule has 0 amide bonds. The third kappa shape index (κ3) is 3.77. The van der Waals surface area contributed by atoms with Gasteiger partial charge in [0.15, 0.2) is 0 Å². The van der Waals surface area contributed by atoms with Crippen molar-refractivity contribution in [2.24, 2.45) is 0 Å². The lowest BCUT2D eigenvalue weighted by molar-refractivity contribution is 0.522. The molecule has 3 heterocycles. The first-order valence-electron chi connectivity index (χ1n) is 7.51. The Labute approximate surface area is 143 Å². The van der Waals surface area contributed by atoms with E-state index in [1.54, 1.807) is 12.5 Å². The molecule has 0 unspecified atom stereocenters. The number of aryl methyl sites for hydroxylation is 1. The topological polar surface area (TPSA) is 77.7 Å². The monoisotopic (exact) mass is 372 g/mol. The van der Waals surface area contributed by atoms with Crippen LogP contribution in [0.3, 0.4) is 0 Å². The number of nitrogens with one attached hydrogen (secondary N) is 1. The summed E-state index contributed by atoms with van der Waals surface area (Å²) in [5, 5.41) is 12.7. The molecule has 1 fully saturated rings. The number of pyridine rings is 1. The van der Waals surface area contributed by atoms with Crippen LogP contribution in [0.1, 0.15) is 24.1 Å². The Hall–Kier alpha value is -2.20. The van der Waals surface area contributed by atoms with E-state index in [9.17, 15) is 5.26 Å². The molecule has 1 N–H and O–H groups in total. The Bertz CT molecular complexity index is 734. The highest BCUT2D eigenvalue weighted by molar-refractivity contribution is 9.10. The second-order valence-corrected chi connectivity index (χ2v) is 6.50. The van der Waals surface area contributed by atoms with Crippen molar-refractivity contribution in [1.82, 2.24) is 15.0 Å². The zero-order valence-electron chi connectivity index (χ0n) is 12.8. The van der Waals surface area contributed by atoms with Crippen molar-refractivity contribution in [1.29, 1.82) is 5.26 Å². The lowest BCUT2D eigenvalue weighted by atomic mass is 10.0. The van der Waals surface area contributed by atoms with E-state index >= 15 is 0 Å². The lowest BCUT2D eigenvalue weighted by Gasteiger charge is -2.33. The third-order valence-electron chi connectivity index (χ3n) is 3.90. The Morgan fingerprint density at radius 1 is 1.26 bits per heavy atom. The van der Waals surface area contributed by atoms with Crippen molar-refractivity contribution in [3.05, 3.63) is 40.4 Å². The summed E-state index contributed by atoms with van der Waals surface area (Å²) in [7, 11) is 0. The summed E-state index contributed by atoms with van der Waals surface area (Å²) < 4.78 is 0.827. The summed E-state index contributed by atoms with van der Waals surface area (Å²) in [6, 6.07) is 6.37. The first kappa shape index (κ1) is 15.7. The molecule has 2 aromatic heterocycles. The normalized spacial score (nSPS) is 15.3. The molecule has 2 aromatic rings. The Morgan fingerprint density at radius 2 is 2.04 bits per heavy atom. The summed E-state index contributed by atoms with van der Waals surface area (Å²) >= 11 is 3.36. The summed E-state index contributed by atoms with van der Waals surface area (Å²) in [5.74, 6) is 1.64. The predicted molar refractivity (Wildman–Crippen MR) is 92.3 cm³/mol. The van der Waals surface area contributed by atoms with Crippen LogP contribution in [0.5, 0.6) is 0 Å². The van der Waals surface area contributed by atoms with Gasteiger partial charge in [0.05, 0.1) is 5.56 Å². The average molecular weight is 373 g/mol. The molecule has 1 aliphatic rings. The third-order valence-corrected chi connectivity index (χ3v) is 4.34. The van der Waals surface area contributed by atoms with E-state index < -0.39 is 0 Å². The van der Waals surface area contributed by atoms with E-state index in [0.29, 0.717) is 11.6 Å². The highest BCUT2D eigenvalue weighted by Gasteiger charge is 2.22. The summed E-state index contributed by atoms with van der Waals surface area (Å²) in [6.45, 7) is 3.69. The fourth-order valence-electron chi connectivity index (χ4n) is 2.74. The van der Waals surface area contributed by atoms with E-state index in [-0.39, 0.29) is 0 Å². The zero-order valence-corrected chi connectivity index (χ0v) is 14.4. The van der Waals surface area contributed by atoms with E-state index in [4.69, 9.17) is 0 Å². The van der Waals surface area contributed by atoms with Gasteiger partial charge in [0, 0.05) is 41.6 Å². The Morgan fingerprint density at radius 3 is 2.74 bits per heavy atom. The lowest BCUT2D eigenvalue weighted by Crippen LogP contribution is -2.40. The van der Waals surface area contributed by atoms with Crippen LogP contribution in [0.25, 0.3) is 0 Å². The van der Waals surface area contributed by atoms with Gasteiger partial charge in [-0.3, -0.25) is 0 Å². The molecule has 23 heavy (non-hydrogen) atoms. The molecule has 1 saturated heterocycles. The second-order valence-electron chi connectivity index (χ2n) is 5.59. The molecule has 1 aliphatic heterocycles. The minimum Gasteiger partial charge on any atom is -0.367 e. The standard InChI is InChI=1S/C16H17BrN6/c1-11-6-15(21-10-20-11)22-14-2-4-23(5-3-14)16-12(8-18)7-13(17)9-19-16/h6-7,9-10,14H,2-5H2,1H3,(H,20,21,22). The molecule has 0 radical (unpaired) electrons. The maximum absolute atomic E-state index is 9.28. The van der Waals surface area contributed by atoms with E-state index in [1.165, 1.54) is 0 Å². The number of nitrogens with zero attached hydrogens (tertiary/aromatic N) is 5. The van der Waals surface area contributed by atoms with Crippen molar-refractivity contribution in [3.8, 4) is 6.07 Å². The fraction of sp³-hybridized carbons (Fsp3) is 0.375. The van der Waals surface area contributed by atoms with Crippen LogP contribution in [0.4, 0.5) is 11.6 Å². The van der Waals surface area contributed by atoms with Crippen molar-refractivity contribution in [3.63, 3.8) is 0 Å². The number of anilines is 2. The number of nitriles is 1. The second kappa shape index (κ2) is 6.92. The van der Waals surface area contributed by atoms with E-state index in [1.807, 2.05) is 19.1 Å². The number of hydrogen-bond acceptors (Lipinski definition) is 6.